The molecule has 0 radical (unpaired) electrons. The monoisotopic (exact) mass is 346 g/mol. The SMILES string of the molecule is CCOC(=O)C(CCCNC(=O)OC(C)(C)C)CC(C)(C)[N+](=O)[O-]. The van der Waals surface area contributed by atoms with Crippen LogP contribution >= 0.6 is 0 Å². The zero-order chi connectivity index (χ0) is 19.0. The van der Waals surface area contributed by atoms with Crippen LogP contribution in [0, 0.1) is 16.0 Å². The van der Waals surface area contributed by atoms with Gasteiger partial charge in [-0.1, -0.05) is 0 Å². The molecule has 8 heteroatoms. The Hall–Kier alpha value is -1.86. The number of amides is 1. The number of hydrogen-bond acceptors (Lipinski definition) is 6. The van der Waals surface area contributed by atoms with Crippen molar-refractivity contribution < 1.29 is 24.0 Å². The van der Waals surface area contributed by atoms with E-state index in [0.29, 0.717) is 19.4 Å². The van der Waals surface area contributed by atoms with Gasteiger partial charge >= 0.3 is 12.1 Å². The van der Waals surface area contributed by atoms with E-state index < -0.39 is 34.0 Å². The Labute approximate surface area is 143 Å². The summed E-state index contributed by atoms with van der Waals surface area (Å²) < 4.78 is 10.1. The molecule has 0 aromatic rings. The highest BCUT2D eigenvalue weighted by molar-refractivity contribution is 5.72. The molecule has 1 atom stereocenters. The van der Waals surface area contributed by atoms with E-state index in [0.717, 1.165) is 0 Å². The fraction of sp³-hybridized carbons (Fsp3) is 0.875. The minimum absolute atomic E-state index is 0.0886. The molecule has 0 aliphatic rings. The third kappa shape index (κ3) is 9.32. The quantitative estimate of drug-likeness (QED) is 0.298. The molecule has 8 nitrogen and oxygen atoms in total. The standard InChI is InChI=1S/C16H30N2O6/c1-7-23-13(19)12(11-16(5,6)18(21)22)9-8-10-17-14(20)24-15(2,3)4/h12H,7-11H2,1-6H3,(H,17,20). The largest absolute Gasteiger partial charge is 0.466 e. The Morgan fingerprint density at radius 2 is 1.79 bits per heavy atom. The number of nitrogens with zero attached hydrogens (tertiary/aromatic N) is 1. The van der Waals surface area contributed by atoms with Crippen LogP contribution in [-0.2, 0) is 14.3 Å². The Balaban J connectivity index is 4.50. The molecule has 0 spiro atoms. The van der Waals surface area contributed by atoms with Crippen LogP contribution in [0.5, 0.6) is 0 Å². The summed E-state index contributed by atoms with van der Waals surface area (Å²) in [7, 11) is 0. The number of rotatable bonds is 9. The second-order valence-electron chi connectivity index (χ2n) is 7.29. The van der Waals surface area contributed by atoms with Crippen molar-refractivity contribution in [2.45, 2.75) is 71.9 Å². The van der Waals surface area contributed by atoms with Gasteiger partial charge in [0.1, 0.15) is 5.60 Å². The lowest BCUT2D eigenvalue weighted by atomic mass is 9.88. The van der Waals surface area contributed by atoms with Crippen LogP contribution in [0.3, 0.4) is 0 Å². The smallest absolute Gasteiger partial charge is 0.407 e. The van der Waals surface area contributed by atoms with Gasteiger partial charge in [0.05, 0.1) is 12.5 Å². The van der Waals surface area contributed by atoms with Gasteiger partial charge in [-0.15, -0.1) is 0 Å². The van der Waals surface area contributed by atoms with Crippen LogP contribution in [0.15, 0.2) is 0 Å². The minimum atomic E-state index is -1.21. The summed E-state index contributed by atoms with van der Waals surface area (Å²) >= 11 is 0. The number of nitro groups is 1. The van der Waals surface area contributed by atoms with Crippen molar-refractivity contribution in [3.05, 3.63) is 10.1 Å². The third-order valence-electron chi connectivity index (χ3n) is 3.26. The van der Waals surface area contributed by atoms with Gasteiger partial charge in [0, 0.05) is 31.7 Å². The van der Waals surface area contributed by atoms with Gasteiger partial charge in [0.25, 0.3) is 0 Å². The van der Waals surface area contributed by atoms with E-state index in [1.54, 1.807) is 27.7 Å². The number of carbonyl (C=O) groups is 2. The molecule has 0 aromatic heterocycles. The summed E-state index contributed by atoms with van der Waals surface area (Å²) in [6.45, 7) is 10.5. The number of hydrogen-bond donors (Lipinski definition) is 1. The predicted octanol–water partition coefficient (Wildman–Crippen LogP) is 2.92. The number of alkyl carbamates (subject to hydrolysis) is 1. The van der Waals surface area contributed by atoms with E-state index in [4.69, 9.17) is 9.47 Å². The second kappa shape index (κ2) is 9.44. The van der Waals surface area contributed by atoms with Gasteiger partial charge < -0.3 is 14.8 Å². The average Bonchev–Trinajstić information content (AvgIpc) is 2.40. The first-order valence-electron chi connectivity index (χ1n) is 8.17. The van der Waals surface area contributed by atoms with Crippen molar-refractivity contribution >= 4 is 12.1 Å². The molecule has 0 bridgehead atoms. The van der Waals surface area contributed by atoms with E-state index >= 15 is 0 Å². The topological polar surface area (TPSA) is 108 Å². The third-order valence-corrected chi connectivity index (χ3v) is 3.26. The highest BCUT2D eigenvalue weighted by Gasteiger charge is 2.37. The Bertz CT molecular complexity index is 442. The molecule has 0 fully saturated rings. The fourth-order valence-electron chi connectivity index (χ4n) is 2.09. The van der Waals surface area contributed by atoms with Crippen molar-refractivity contribution in [2.24, 2.45) is 5.92 Å². The Kier molecular flexibility index (Phi) is 8.71. The summed E-state index contributed by atoms with van der Waals surface area (Å²) in [5.41, 5.74) is -1.79. The van der Waals surface area contributed by atoms with E-state index in [-0.39, 0.29) is 13.0 Å². The van der Waals surface area contributed by atoms with Crippen LogP contribution in [0.4, 0.5) is 4.79 Å². The maximum absolute atomic E-state index is 12.0. The van der Waals surface area contributed by atoms with Crippen molar-refractivity contribution in [1.29, 1.82) is 0 Å². The highest BCUT2D eigenvalue weighted by Crippen LogP contribution is 2.24. The molecule has 0 aliphatic heterocycles. The maximum Gasteiger partial charge on any atom is 0.407 e. The van der Waals surface area contributed by atoms with Gasteiger partial charge in [-0.05, 0) is 40.5 Å². The normalized spacial score (nSPS) is 13.1. The number of esters is 1. The molecule has 0 rings (SSSR count). The predicted molar refractivity (Wildman–Crippen MR) is 89.3 cm³/mol. The summed E-state index contributed by atoms with van der Waals surface area (Å²) in [4.78, 5) is 34.2. The lowest BCUT2D eigenvalue weighted by Crippen LogP contribution is -2.37. The molecule has 0 aliphatic carbocycles. The van der Waals surface area contributed by atoms with Crippen LogP contribution in [-0.4, -0.2) is 41.3 Å². The van der Waals surface area contributed by atoms with Gasteiger partial charge in [0.15, 0.2) is 0 Å². The molecule has 24 heavy (non-hydrogen) atoms. The molecule has 140 valence electrons. The molecule has 1 N–H and O–H groups in total. The van der Waals surface area contributed by atoms with Crippen LogP contribution in [0.2, 0.25) is 0 Å². The summed E-state index contributed by atoms with van der Waals surface area (Å²) in [6, 6.07) is 0. The lowest BCUT2D eigenvalue weighted by molar-refractivity contribution is -0.562. The first-order chi connectivity index (χ1) is 10.9. The lowest BCUT2D eigenvalue weighted by Gasteiger charge is -2.22. The summed E-state index contributed by atoms with van der Waals surface area (Å²) in [6.07, 6.45) is 0.453. The molecule has 1 amide bonds. The second-order valence-corrected chi connectivity index (χ2v) is 7.29. The number of carbonyl (C=O) groups excluding carboxylic acids is 2. The molecule has 0 saturated heterocycles. The first-order valence-corrected chi connectivity index (χ1v) is 8.17. The summed E-state index contributed by atoms with van der Waals surface area (Å²) in [5, 5.41) is 13.7. The number of ether oxygens (including phenoxy) is 2. The van der Waals surface area contributed by atoms with E-state index in [2.05, 4.69) is 5.32 Å². The molecular weight excluding hydrogens is 316 g/mol. The molecule has 0 aromatic carbocycles. The van der Waals surface area contributed by atoms with Crippen molar-refractivity contribution in [3.63, 3.8) is 0 Å². The number of nitrogens with one attached hydrogen (secondary N) is 1. The fourth-order valence-corrected chi connectivity index (χ4v) is 2.09. The maximum atomic E-state index is 12.0. The van der Waals surface area contributed by atoms with Crippen LogP contribution in [0.1, 0.15) is 60.8 Å². The zero-order valence-corrected chi connectivity index (χ0v) is 15.5. The van der Waals surface area contributed by atoms with Crippen molar-refractivity contribution in [3.8, 4) is 0 Å². The van der Waals surface area contributed by atoms with E-state index in [1.165, 1.54) is 13.8 Å². The summed E-state index contributed by atoms with van der Waals surface area (Å²) in [5.74, 6) is -1.02. The van der Waals surface area contributed by atoms with E-state index in [9.17, 15) is 19.7 Å². The van der Waals surface area contributed by atoms with E-state index in [1.807, 2.05) is 0 Å². The van der Waals surface area contributed by atoms with Gasteiger partial charge in [-0.25, -0.2) is 4.79 Å². The molecular formula is C16H30N2O6. The molecule has 0 saturated carbocycles. The van der Waals surface area contributed by atoms with Crippen LogP contribution in [0.25, 0.3) is 0 Å². The first kappa shape index (κ1) is 22.1. The minimum Gasteiger partial charge on any atom is -0.466 e. The Morgan fingerprint density at radius 1 is 1.21 bits per heavy atom. The van der Waals surface area contributed by atoms with Gasteiger partial charge in [-0.3, -0.25) is 14.9 Å². The van der Waals surface area contributed by atoms with Gasteiger partial charge in [0.2, 0.25) is 5.54 Å². The van der Waals surface area contributed by atoms with Crippen molar-refractivity contribution in [2.75, 3.05) is 13.2 Å². The molecule has 1 unspecified atom stereocenters. The van der Waals surface area contributed by atoms with Gasteiger partial charge in [-0.2, -0.15) is 0 Å². The van der Waals surface area contributed by atoms with Crippen molar-refractivity contribution in [1.82, 2.24) is 5.32 Å². The zero-order valence-electron chi connectivity index (χ0n) is 15.5. The highest BCUT2D eigenvalue weighted by atomic mass is 16.6. The van der Waals surface area contributed by atoms with Crippen LogP contribution < -0.4 is 5.32 Å². The Morgan fingerprint density at radius 3 is 2.25 bits per heavy atom. The average molecular weight is 346 g/mol. The molecule has 0 heterocycles.